The second-order valence-electron chi connectivity index (χ2n) is 3.95. The predicted octanol–water partition coefficient (Wildman–Crippen LogP) is 3.81. The highest BCUT2D eigenvalue weighted by Gasteiger charge is 2.13. The highest BCUT2D eigenvalue weighted by Crippen LogP contribution is 2.31. The number of aromatic carboxylic acids is 1. The van der Waals surface area contributed by atoms with Gasteiger partial charge in [-0.1, -0.05) is 18.2 Å². The van der Waals surface area contributed by atoms with Crippen molar-refractivity contribution in [1.82, 2.24) is 0 Å². The van der Waals surface area contributed by atoms with Crippen LogP contribution in [0, 0.1) is 6.92 Å². The van der Waals surface area contributed by atoms with Gasteiger partial charge in [0.25, 0.3) is 0 Å². The number of nitrogens with zero attached hydrogens (tertiary/aromatic N) is 2. The lowest BCUT2D eigenvalue weighted by Crippen LogP contribution is -1.97. The monoisotopic (exact) mass is 256 g/mol. The molecular weight excluding hydrogens is 244 g/mol. The zero-order valence-electron chi connectivity index (χ0n) is 10.2. The number of carboxylic acid groups (broad SMARTS) is 1. The molecule has 0 aliphatic heterocycles. The van der Waals surface area contributed by atoms with Crippen molar-refractivity contribution in [2.24, 2.45) is 10.2 Å². The van der Waals surface area contributed by atoms with Gasteiger partial charge in [-0.2, -0.15) is 10.2 Å². The third-order valence-electron chi connectivity index (χ3n) is 2.66. The number of hydrogen-bond donors (Lipinski definition) is 2. The highest BCUT2D eigenvalue weighted by atomic mass is 16.4. The fourth-order valence-electron chi connectivity index (χ4n) is 1.58. The molecule has 2 rings (SSSR count). The largest absolute Gasteiger partial charge is 0.507 e. The number of hydrogen-bond acceptors (Lipinski definition) is 4. The second-order valence-corrected chi connectivity index (χ2v) is 3.95. The molecule has 0 aromatic heterocycles. The van der Waals surface area contributed by atoms with E-state index in [0.29, 0.717) is 16.9 Å². The molecule has 0 atom stereocenters. The quantitative estimate of drug-likeness (QED) is 0.819. The topological polar surface area (TPSA) is 82.2 Å². The third kappa shape index (κ3) is 2.77. The van der Waals surface area contributed by atoms with E-state index in [-0.39, 0.29) is 11.3 Å². The van der Waals surface area contributed by atoms with E-state index in [4.69, 9.17) is 5.11 Å². The molecule has 0 heterocycles. The average molecular weight is 256 g/mol. The summed E-state index contributed by atoms with van der Waals surface area (Å²) in [7, 11) is 0. The van der Waals surface area contributed by atoms with Gasteiger partial charge in [-0.15, -0.1) is 0 Å². The smallest absolute Gasteiger partial charge is 0.339 e. The molecule has 0 aliphatic rings. The van der Waals surface area contributed by atoms with Crippen molar-refractivity contribution in [3.8, 4) is 5.75 Å². The van der Waals surface area contributed by atoms with Crippen molar-refractivity contribution in [3.05, 3.63) is 53.6 Å². The van der Waals surface area contributed by atoms with E-state index in [9.17, 15) is 9.90 Å². The number of carboxylic acids is 1. The predicted molar refractivity (Wildman–Crippen MR) is 70.4 cm³/mol. The lowest BCUT2D eigenvalue weighted by molar-refractivity contribution is 0.0693. The number of carbonyl (C=O) groups is 1. The molecule has 0 spiro atoms. The molecule has 2 aromatic carbocycles. The van der Waals surface area contributed by atoms with Crippen molar-refractivity contribution in [1.29, 1.82) is 0 Å². The van der Waals surface area contributed by atoms with Crippen LogP contribution in [0.5, 0.6) is 5.75 Å². The maximum absolute atomic E-state index is 10.9. The first-order chi connectivity index (χ1) is 9.09. The summed E-state index contributed by atoms with van der Waals surface area (Å²) in [5.41, 5.74) is 1.37. The molecule has 0 radical (unpaired) electrons. The lowest BCUT2D eigenvalue weighted by atomic mass is 10.1. The minimum absolute atomic E-state index is 0.142. The molecular formula is C14H12N2O3. The van der Waals surface area contributed by atoms with E-state index in [2.05, 4.69) is 10.2 Å². The van der Waals surface area contributed by atoms with Crippen LogP contribution in [-0.2, 0) is 0 Å². The van der Waals surface area contributed by atoms with Crippen LogP contribution in [0.2, 0.25) is 0 Å². The van der Waals surface area contributed by atoms with E-state index in [1.807, 2.05) is 18.2 Å². The SMILES string of the molecule is Cc1c(N=Nc2ccccc2)ccc(C(=O)O)c1O. The lowest BCUT2D eigenvalue weighted by Gasteiger charge is -2.05. The zero-order valence-corrected chi connectivity index (χ0v) is 10.2. The fourth-order valence-corrected chi connectivity index (χ4v) is 1.58. The Morgan fingerprint density at radius 3 is 2.37 bits per heavy atom. The van der Waals surface area contributed by atoms with Gasteiger partial charge in [0.05, 0.1) is 11.4 Å². The maximum atomic E-state index is 10.9. The maximum Gasteiger partial charge on any atom is 0.339 e. The van der Waals surface area contributed by atoms with Crippen molar-refractivity contribution >= 4 is 17.3 Å². The van der Waals surface area contributed by atoms with E-state index < -0.39 is 5.97 Å². The summed E-state index contributed by atoms with van der Waals surface area (Å²) in [5.74, 6) is -1.45. The van der Waals surface area contributed by atoms with Crippen LogP contribution in [0.3, 0.4) is 0 Å². The first kappa shape index (κ1) is 12.8. The van der Waals surface area contributed by atoms with Gasteiger partial charge >= 0.3 is 5.97 Å². The summed E-state index contributed by atoms with van der Waals surface area (Å²) in [6.07, 6.45) is 0. The van der Waals surface area contributed by atoms with Gasteiger partial charge in [0.1, 0.15) is 11.3 Å². The molecule has 0 bridgehead atoms. The summed E-state index contributed by atoms with van der Waals surface area (Å²) >= 11 is 0. The molecule has 0 fully saturated rings. The van der Waals surface area contributed by atoms with Gasteiger partial charge in [0, 0.05) is 5.56 Å². The van der Waals surface area contributed by atoms with E-state index >= 15 is 0 Å². The average Bonchev–Trinajstić information content (AvgIpc) is 2.41. The van der Waals surface area contributed by atoms with Gasteiger partial charge in [-0.05, 0) is 31.2 Å². The fraction of sp³-hybridized carbons (Fsp3) is 0.0714. The van der Waals surface area contributed by atoms with Crippen molar-refractivity contribution in [3.63, 3.8) is 0 Å². The second kappa shape index (κ2) is 5.30. The van der Waals surface area contributed by atoms with E-state index in [1.54, 1.807) is 19.1 Å². The number of phenols is 1. The van der Waals surface area contributed by atoms with Crippen LogP contribution in [0.25, 0.3) is 0 Å². The first-order valence-corrected chi connectivity index (χ1v) is 5.62. The number of rotatable bonds is 3. The molecule has 96 valence electrons. The van der Waals surface area contributed by atoms with Crippen molar-refractivity contribution < 1.29 is 15.0 Å². The molecule has 0 amide bonds. The number of azo groups is 1. The Balaban J connectivity index is 2.35. The third-order valence-corrected chi connectivity index (χ3v) is 2.66. The van der Waals surface area contributed by atoms with Crippen molar-refractivity contribution in [2.45, 2.75) is 6.92 Å². The molecule has 19 heavy (non-hydrogen) atoms. The van der Waals surface area contributed by atoms with Gasteiger partial charge in [-0.25, -0.2) is 4.79 Å². The van der Waals surface area contributed by atoms with Crippen LogP contribution in [-0.4, -0.2) is 16.2 Å². The molecule has 0 unspecified atom stereocenters. The summed E-state index contributed by atoms with van der Waals surface area (Å²) in [5, 5.41) is 26.7. The Hall–Kier alpha value is -2.69. The molecule has 0 saturated heterocycles. The Bertz CT molecular complexity index is 637. The van der Waals surface area contributed by atoms with Crippen molar-refractivity contribution in [2.75, 3.05) is 0 Å². The van der Waals surface area contributed by atoms with Gasteiger partial charge in [0.2, 0.25) is 0 Å². The number of benzene rings is 2. The minimum Gasteiger partial charge on any atom is -0.507 e. The zero-order chi connectivity index (χ0) is 13.8. The summed E-state index contributed by atoms with van der Waals surface area (Å²) in [4.78, 5) is 10.9. The molecule has 2 aromatic rings. The van der Waals surface area contributed by atoms with Crippen LogP contribution in [0.4, 0.5) is 11.4 Å². The van der Waals surface area contributed by atoms with Gasteiger partial charge < -0.3 is 10.2 Å². The van der Waals surface area contributed by atoms with E-state index in [1.165, 1.54) is 12.1 Å². The Labute approximate surface area is 109 Å². The first-order valence-electron chi connectivity index (χ1n) is 5.62. The van der Waals surface area contributed by atoms with Crippen LogP contribution in [0.15, 0.2) is 52.7 Å². The summed E-state index contributed by atoms with van der Waals surface area (Å²) < 4.78 is 0. The highest BCUT2D eigenvalue weighted by molar-refractivity contribution is 5.92. The summed E-state index contributed by atoms with van der Waals surface area (Å²) in [6, 6.07) is 12.0. The molecule has 5 nitrogen and oxygen atoms in total. The molecule has 0 saturated carbocycles. The Kier molecular flexibility index (Phi) is 3.56. The standard InChI is InChI=1S/C14H12N2O3/c1-9-12(8-7-11(13(9)17)14(18)19)16-15-10-5-3-2-4-6-10/h2-8,17H,1H3,(H,18,19). The minimum atomic E-state index is -1.17. The van der Waals surface area contributed by atoms with Gasteiger partial charge in [0.15, 0.2) is 0 Å². The van der Waals surface area contributed by atoms with Crippen LogP contribution in [0.1, 0.15) is 15.9 Å². The normalized spacial score (nSPS) is 10.8. The molecule has 2 N–H and O–H groups in total. The van der Waals surface area contributed by atoms with Crippen LogP contribution >= 0.6 is 0 Å². The van der Waals surface area contributed by atoms with Gasteiger partial charge in [-0.3, -0.25) is 0 Å². The summed E-state index contributed by atoms with van der Waals surface area (Å²) in [6.45, 7) is 1.60. The Morgan fingerprint density at radius 1 is 1.05 bits per heavy atom. The molecule has 0 aliphatic carbocycles. The van der Waals surface area contributed by atoms with Crippen LogP contribution < -0.4 is 0 Å². The van der Waals surface area contributed by atoms with E-state index in [0.717, 1.165) is 0 Å². The molecule has 5 heteroatoms. The Morgan fingerprint density at radius 2 is 1.74 bits per heavy atom. The number of aromatic hydroxyl groups is 1.